The van der Waals surface area contributed by atoms with Crippen LogP contribution in [0.1, 0.15) is 66.0 Å². The fraction of sp³-hybridized carbons (Fsp3) is 0.654. The second-order valence-corrected chi connectivity index (χ2v) is 12.3. The number of terminal acetylenes is 1. The molecule has 42 heavy (non-hydrogen) atoms. The number of imidazole rings is 1. The zero-order chi connectivity index (χ0) is 30.9. The molecule has 232 valence electrons. The van der Waals surface area contributed by atoms with Crippen molar-refractivity contribution in [1.82, 2.24) is 29.7 Å². The Morgan fingerprint density at radius 3 is 2.33 bits per heavy atom. The Morgan fingerprint density at radius 1 is 1.19 bits per heavy atom. The number of rotatable bonds is 16. The average molecular weight is 610 g/mol. The first-order valence-electron chi connectivity index (χ1n) is 13.9. The van der Waals surface area contributed by atoms with E-state index in [2.05, 4.69) is 31.0 Å². The van der Waals surface area contributed by atoms with Gasteiger partial charge in [0.1, 0.15) is 36.4 Å². The molecule has 3 unspecified atom stereocenters. The third-order valence-corrected chi connectivity index (χ3v) is 8.58. The monoisotopic (exact) mass is 609 g/mol. The van der Waals surface area contributed by atoms with E-state index >= 15 is 0 Å². The molecule has 0 bridgehead atoms. The van der Waals surface area contributed by atoms with Gasteiger partial charge in [-0.05, 0) is 32.6 Å². The summed E-state index contributed by atoms with van der Waals surface area (Å²) in [6, 6.07) is -2.06. The van der Waals surface area contributed by atoms with Gasteiger partial charge in [0.15, 0.2) is 17.7 Å². The number of ether oxygens (including phenoxy) is 4. The van der Waals surface area contributed by atoms with Gasteiger partial charge in [-0.25, -0.2) is 25.1 Å². The van der Waals surface area contributed by atoms with Crippen LogP contribution in [-0.2, 0) is 33.1 Å². The molecule has 3 heterocycles. The molecule has 3 rings (SSSR count). The Hall–Kier alpha value is -3.12. The van der Waals surface area contributed by atoms with Crippen LogP contribution in [0.2, 0.25) is 0 Å². The second-order valence-electron chi connectivity index (χ2n) is 10.0. The molecule has 0 spiro atoms. The summed E-state index contributed by atoms with van der Waals surface area (Å²) in [6.45, 7) is 7.29. The minimum Gasteiger partial charge on any atom is -0.465 e. The van der Waals surface area contributed by atoms with E-state index in [1.165, 1.54) is 31.1 Å². The van der Waals surface area contributed by atoms with E-state index in [0.29, 0.717) is 24.0 Å². The van der Waals surface area contributed by atoms with Gasteiger partial charge in [-0.2, -0.15) is 0 Å². The Labute approximate surface area is 244 Å². The summed E-state index contributed by atoms with van der Waals surface area (Å²) in [5.74, 6) is -0.539. The number of hydrogen-bond donors (Lipinski definition) is 4. The Kier molecular flexibility index (Phi) is 11.8. The van der Waals surface area contributed by atoms with Gasteiger partial charge in [-0.3, -0.25) is 18.7 Å². The molecule has 0 saturated carbocycles. The highest BCUT2D eigenvalue weighted by Gasteiger charge is 2.49. The molecule has 5 N–H and O–H groups in total. The van der Waals surface area contributed by atoms with Crippen molar-refractivity contribution in [2.24, 2.45) is 0 Å². The van der Waals surface area contributed by atoms with E-state index in [-0.39, 0.29) is 25.5 Å². The molecule has 1 aliphatic heterocycles. The molecule has 1 fully saturated rings. The molecule has 2 aromatic rings. The molecule has 1 aliphatic rings. The predicted octanol–water partition coefficient (Wildman–Crippen LogP) is 1.83. The minimum atomic E-state index is -3.91. The molecule has 0 aliphatic carbocycles. The number of carbonyl (C=O) groups is 2. The summed E-state index contributed by atoms with van der Waals surface area (Å²) in [5.41, 5.74) is 6.48. The van der Waals surface area contributed by atoms with Gasteiger partial charge in [-0.15, -0.1) is 6.42 Å². The maximum Gasteiger partial charge on any atom is 0.323 e. The van der Waals surface area contributed by atoms with Crippen LogP contribution in [0.25, 0.3) is 11.2 Å². The predicted molar refractivity (Wildman–Crippen MR) is 153 cm³/mol. The number of aromatic nitrogens is 4. The third kappa shape index (κ3) is 8.25. The van der Waals surface area contributed by atoms with Gasteiger partial charge in [0.2, 0.25) is 13.2 Å². The molecule has 15 nitrogen and oxygen atoms in total. The van der Waals surface area contributed by atoms with Crippen molar-refractivity contribution in [3.05, 3.63) is 12.7 Å². The first-order chi connectivity index (χ1) is 20.0. The summed E-state index contributed by atoms with van der Waals surface area (Å²) in [5, 5.41) is 16.3. The van der Waals surface area contributed by atoms with Gasteiger partial charge in [0, 0.05) is 6.42 Å². The van der Waals surface area contributed by atoms with Gasteiger partial charge < -0.3 is 29.8 Å². The van der Waals surface area contributed by atoms with Crippen LogP contribution in [0.3, 0.4) is 0 Å². The number of anilines is 1. The SMILES string of the molecule is C#CC1(OCP(=O)(N[C@@H](C)C(=O)OCCCC)N[C@@H](C)C(=O)OCCCC)CC(O)C(n2cnc3c(N)ncnc32)O1. The fourth-order valence-corrected chi connectivity index (χ4v) is 6.22. The van der Waals surface area contributed by atoms with Crippen LogP contribution in [-0.4, -0.2) is 80.1 Å². The number of unbranched alkanes of at least 4 members (excludes halogenated alkanes) is 2. The average Bonchev–Trinajstić information content (AvgIpc) is 3.54. The van der Waals surface area contributed by atoms with Crippen LogP contribution in [0, 0.1) is 12.3 Å². The van der Waals surface area contributed by atoms with E-state index in [0.717, 1.165) is 12.8 Å². The first kappa shape index (κ1) is 33.4. The topological polar surface area (TPSA) is 202 Å². The molecule has 2 aromatic heterocycles. The van der Waals surface area contributed by atoms with E-state index in [9.17, 15) is 19.3 Å². The van der Waals surface area contributed by atoms with Gasteiger partial charge in [-0.1, -0.05) is 26.7 Å². The number of hydrogen-bond acceptors (Lipinski definition) is 12. The lowest BCUT2D eigenvalue weighted by Crippen LogP contribution is -2.44. The van der Waals surface area contributed by atoms with Crippen LogP contribution >= 0.6 is 7.44 Å². The lowest BCUT2D eigenvalue weighted by molar-refractivity contribution is -0.193. The minimum absolute atomic E-state index is 0.147. The Bertz CT molecular complexity index is 1280. The lowest BCUT2D eigenvalue weighted by Gasteiger charge is -2.30. The molecule has 0 amide bonds. The fourth-order valence-electron chi connectivity index (χ4n) is 4.15. The van der Waals surface area contributed by atoms with Crippen molar-refractivity contribution in [1.29, 1.82) is 0 Å². The molecular weight excluding hydrogens is 569 g/mol. The summed E-state index contributed by atoms with van der Waals surface area (Å²) in [7, 11) is -3.91. The van der Waals surface area contributed by atoms with Crippen molar-refractivity contribution in [3.63, 3.8) is 0 Å². The second kappa shape index (κ2) is 14.9. The molecule has 5 atom stereocenters. The summed E-state index contributed by atoms with van der Waals surface area (Å²) < 4.78 is 37.9. The number of nitrogens with zero attached hydrogens (tertiary/aromatic N) is 4. The summed E-state index contributed by atoms with van der Waals surface area (Å²) in [4.78, 5) is 37.3. The van der Waals surface area contributed by atoms with Crippen LogP contribution in [0.15, 0.2) is 12.7 Å². The number of nitrogens with one attached hydrogen (secondary N) is 2. The number of carbonyl (C=O) groups excluding carboxylic acids is 2. The molecule has 1 saturated heterocycles. The molecule has 0 aromatic carbocycles. The van der Waals surface area contributed by atoms with E-state index in [1.807, 2.05) is 13.8 Å². The van der Waals surface area contributed by atoms with E-state index in [4.69, 9.17) is 31.1 Å². The van der Waals surface area contributed by atoms with Crippen LogP contribution in [0.5, 0.6) is 0 Å². The third-order valence-electron chi connectivity index (χ3n) is 6.47. The number of fused-ring (bicyclic) bond motifs is 1. The quantitative estimate of drug-likeness (QED) is 0.0929. The van der Waals surface area contributed by atoms with Gasteiger partial charge >= 0.3 is 11.9 Å². The Morgan fingerprint density at radius 2 is 1.79 bits per heavy atom. The van der Waals surface area contributed by atoms with Crippen LogP contribution in [0.4, 0.5) is 5.82 Å². The zero-order valence-corrected chi connectivity index (χ0v) is 25.2. The zero-order valence-electron chi connectivity index (χ0n) is 24.3. The van der Waals surface area contributed by atoms with E-state index < -0.39 is 55.9 Å². The molecular formula is C26H40N7O8P. The Balaban J connectivity index is 1.78. The standard InChI is InChI=1S/C26H40N7O8P/c1-6-9-11-38-24(35)17(4)31-42(37,32-18(5)25(36)39-12-10-7-2)16-40-26(8-3)13-19(34)23(41-26)33-15-30-20-21(27)28-14-29-22(20)33/h3,14-15,17-19,23,34H,6-7,9-13,16H2,1-2,4-5H3,(H2,27,28,29)(H2,31,32,37)/t17-,18-,19?,23?,26?/m0/s1. The molecule has 16 heteroatoms. The van der Waals surface area contributed by atoms with Crippen molar-refractivity contribution >= 4 is 36.4 Å². The maximum absolute atomic E-state index is 14.1. The summed E-state index contributed by atoms with van der Waals surface area (Å²) >= 11 is 0. The van der Waals surface area contributed by atoms with Crippen molar-refractivity contribution in [2.75, 3.05) is 25.3 Å². The number of nitrogens with two attached hydrogens (primary N) is 1. The van der Waals surface area contributed by atoms with Gasteiger partial charge in [0.25, 0.3) is 0 Å². The van der Waals surface area contributed by atoms with Crippen molar-refractivity contribution in [3.8, 4) is 12.3 Å². The number of nitrogen functional groups attached to an aromatic ring is 1. The van der Waals surface area contributed by atoms with Crippen LogP contribution < -0.4 is 15.9 Å². The summed E-state index contributed by atoms with van der Waals surface area (Å²) in [6.07, 6.45) is 8.37. The molecule has 0 radical (unpaired) electrons. The van der Waals surface area contributed by atoms with Crippen molar-refractivity contribution < 1.29 is 38.2 Å². The maximum atomic E-state index is 14.1. The normalized spacial score (nSPS) is 22.0. The highest BCUT2D eigenvalue weighted by molar-refractivity contribution is 7.59. The number of aliphatic hydroxyl groups excluding tert-OH is 1. The highest BCUT2D eigenvalue weighted by atomic mass is 31.2. The number of aliphatic hydroxyl groups is 1. The van der Waals surface area contributed by atoms with Crippen molar-refractivity contribution in [2.45, 2.75) is 90.0 Å². The smallest absolute Gasteiger partial charge is 0.323 e. The largest absolute Gasteiger partial charge is 0.465 e. The first-order valence-corrected chi connectivity index (χ1v) is 15.8. The number of esters is 2. The van der Waals surface area contributed by atoms with E-state index in [1.54, 1.807) is 0 Å². The van der Waals surface area contributed by atoms with Gasteiger partial charge in [0.05, 0.1) is 19.5 Å². The lowest BCUT2D eigenvalue weighted by atomic mass is 10.1. The highest BCUT2D eigenvalue weighted by Crippen LogP contribution is 2.44.